The molecule has 0 bridgehead atoms. The molecule has 0 fully saturated rings. The van der Waals surface area contributed by atoms with Crippen LogP contribution < -0.4 is 10.4 Å². The average molecular weight is 316 g/mol. The Morgan fingerprint density at radius 1 is 1.32 bits per heavy atom. The van der Waals surface area contributed by atoms with Gasteiger partial charge in [-0.1, -0.05) is 6.07 Å². The van der Waals surface area contributed by atoms with Gasteiger partial charge in [-0.25, -0.2) is 9.59 Å². The maximum Gasteiger partial charge on any atom is 0.345 e. The van der Waals surface area contributed by atoms with E-state index in [9.17, 15) is 9.59 Å². The molecule has 112 valence electrons. The maximum atomic E-state index is 12.1. The number of carboxylic acid groups (broad SMARTS) is 1. The van der Waals surface area contributed by atoms with Crippen molar-refractivity contribution in [2.24, 2.45) is 0 Å². The number of carbonyl (C=O) groups is 1. The van der Waals surface area contributed by atoms with E-state index in [1.165, 1.54) is 24.3 Å². The van der Waals surface area contributed by atoms with Gasteiger partial charge >= 0.3 is 11.6 Å². The summed E-state index contributed by atoms with van der Waals surface area (Å²) in [6.07, 6.45) is -0.977. The highest BCUT2D eigenvalue weighted by Gasteiger charge is 2.14. The predicted octanol–water partition coefficient (Wildman–Crippen LogP) is 3.37. The minimum Gasteiger partial charge on any atom is -0.479 e. The molecule has 3 aromatic rings. The fourth-order valence-corrected chi connectivity index (χ4v) is 2.75. The molecule has 0 amide bonds. The van der Waals surface area contributed by atoms with E-state index in [4.69, 9.17) is 14.3 Å². The molecule has 3 rings (SSSR count). The molecule has 0 aliphatic heterocycles. The molecule has 0 aliphatic carbocycles. The quantitative estimate of drug-likeness (QED) is 0.747. The number of carboxylic acids is 1. The third-order valence-corrected chi connectivity index (χ3v) is 4.06. The molecule has 2 aromatic heterocycles. The molecular weight excluding hydrogens is 304 g/mol. The highest BCUT2D eigenvalue weighted by molar-refractivity contribution is 7.13. The van der Waals surface area contributed by atoms with Gasteiger partial charge in [0.05, 0.1) is 5.56 Å². The van der Waals surface area contributed by atoms with Gasteiger partial charge in [-0.2, -0.15) is 0 Å². The summed E-state index contributed by atoms with van der Waals surface area (Å²) >= 11 is 1.46. The van der Waals surface area contributed by atoms with E-state index in [2.05, 4.69) is 0 Å². The lowest BCUT2D eigenvalue weighted by Crippen LogP contribution is -2.22. The van der Waals surface area contributed by atoms with Crippen LogP contribution in [0.5, 0.6) is 5.75 Å². The van der Waals surface area contributed by atoms with Crippen LogP contribution in [-0.4, -0.2) is 17.2 Å². The number of aliphatic carboxylic acids is 1. The van der Waals surface area contributed by atoms with Crippen LogP contribution >= 0.6 is 11.3 Å². The van der Waals surface area contributed by atoms with Gasteiger partial charge in [-0.05, 0) is 36.6 Å². The van der Waals surface area contributed by atoms with Crippen LogP contribution in [0.4, 0.5) is 0 Å². The lowest BCUT2D eigenvalue weighted by molar-refractivity contribution is -0.144. The first kappa shape index (κ1) is 14.3. The van der Waals surface area contributed by atoms with Crippen LogP contribution in [0.1, 0.15) is 6.92 Å². The lowest BCUT2D eigenvalue weighted by Gasteiger charge is -2.10. The molecule has 0 aliphatic rings. The Kier molecular flexibility index (Phi) is 3.68. The maximum absolute atomic E-state index is 12.1. The molecule has 5 nitrogen and oxygen atoms in total. The number of hydrogen-bond donors (Lipinski definition) is 1. The second kappa shape index (κ2) is 5.65. The summed E-state index contributed by atoms with van der Waals surface area (Å²) in [6.45, 7) is 1.43. The van der Waals surface area contributed by atoms with Crippen LogP contribution in [-0.2, 0) is 4.79 Å². The summed E-state index contributed by atoms with van der Waals surface area (Å²) in [5, 5.41) is 11.5. The van der Waals surface area contributed by atoms with Gasteiger partial charge in [0.15, 0.2) is 6.10 Å². The summed E-state index contributed by atoms with van der Waals surface area (Å²) in [5.41, 5.74) is 0.439. The Hall–Kier alpha value is -2.60. The van der Waals surface area contributed by atoms with Gasteiger partial charge in [0.2, 0.25) is 0 Å². The fraction of sp³-hybridized carbons (Fsp3) is 0.125. The Labute approximate surface area is 129 Å². The fourth-order valence-electron chi connectivity index (χ4n) is 2.02. The zero-order valence-corrected chi connectivity index (χ0v) is 12.4. The average Bonchev–Trinajstić information content (AvgIpc) is 3.00. The van der Waals surface area contributed by atoms with Crippen molar-refractivity contribution in [2.45, 2.75) is 13.0 Å². The van der Waals surface area contributed by atoms with Crippen molar-refractivity contribution in [3.63, 3.8) is 0 Å². The van der Waals surface area contributed by atoms with Gasteiger partial charge in [0, 0.05) is 16.3 Å². The minimum atomic E-state index is -1.06. The second-order valence-electron chi connectivity index (χ2n) is 4.72. The van der Waals surface area contributed by atoms with Crippen LogP contribution in [0.2, 0.25) is 0 Å². The molecule has 0 saturated carbocycles. The van der Waals surface area contributed by atoms with Gasteiger partial charge < -0.3 is 14.3 Å². The third kappa shape index (κ3) is 2.73. The Morgan fingerprint density at radius 2 is 2.14 bits per heavy atom. The van der Waals surface area contributed by atoms with E-state index in [0.717, 1.165) is 10.3 Å². The van der Waals surface area contributed by atoms with Crippen molar-refractivity contribution < 1.29 is 19.1 Å². The standard InChI is InChI=1S/C16H12O5S/c1-9(15(17)18)20-11-5-4-10-7-12(14-3-2-6-22-14)16(19)21-13(10)8-11/h2-9H,1H3,(H,17,18). The van der Waals surface area contributed by atoms with E-state index in [0.29, 0.717) is 16.9 Å². The van der Waals surface area contributed by atoms with Crippen molar-refractivity contribution in [3.05, 3.63) is 52.2 Å². The Balaban J connectivity index is 2.02. The summed E-state index contributed by atoms with van der Waals surface area (Å²) in [5.74, 6) is -0.719. The summed E-state index contributed by atoms with van der Waals surface area (Å²) < 4.78 is 10.6. The predicted molar refractivity (Wildman–Crippen MR) is 83.5 cm³/mol. The smallest absolute Gasteiger partial charge is 0.345 e. The minimum absolute atomic E-state index is 0.342. The first-order valence-electron chi connectivity index (χ1n) is 6.56. The van der Waals surface area contributed by atoms with Gasteiger partial charge in [0.1, 0.15) is 11.3 Å². The largest absolute Gasteiger partial charge is 0.479 e. The van der Waals surface area contributed by atoms with Crippen LogP contribution in [0, 0.1) is 0 Å². The molecule has 6 heteroatoms. The molecule has 0 radical (unpaired) electrons. The van der Waals surface area contributed by atoms with Crippen molar-refractivity contribution in [1.29, 1.82) is 0 Å². The van der Waals surface area contributed by atoms with Gasteiger partial charge in [0.25, 0.3) is 0 Å². The topological polar surface area (TPSA) is 76.7 Å². The highest BCUT2D eigenvalue weighted by atomic mass is 32.1. The number of fused-ring (bicyclic) bond motifs is 1. The summed E-state index contributed by atoms with van der Waals surface area (Å²) in [6, 6.07) is 10.4. The second-order valence-corrected chi connectivity index (χ2v) is 5.67. The summed E-state index contributed by atoms with van der Waals surface area (Å²) in [4.78, 5) is 23.7. The number of ether oxygens (including phenoxy) is 1. The monoisotopic (exact) mass is 316 g/mol. The van der Waals surface area contributed by atoms with Crippen molar-refractivity contribution in [2.75, 3.05) is 0 Å². The molecule has 2 heterocycles. The Morgan fingerprint density at radius 3 is 2.82 bits per heavy atom. The lowest BCUT2D eigenvalue weighted by atomic mass is 10.1. The number of thiophene rings is 1. The molecule has 1 atom stereocenters. The number of rotatable bonds is 4. The molecule has 22 heavy (non-hydrogen) atoms. The van der Waals surface area contributed by atoms with E-state index in [1.54, 1.807) is 18.2 Å². The molecule has 0 saturated heterocycles. The number of benzene rings is 1. The molecule has 1 aromatic carbocycles. The van der Waals surface area contributed by atoms with Crippen molar-refractivity contribution in [1.82, 2.24) is 0 Å². The first-order chi connectivity index (χ1) is 10.5. The van der Waals surface area contributed by atoms with Gasteiger partial charge in [-0.15, -0.1) is 11.3 Å². The SMILES string of the molecule is CC(Oc1ccc2cc(-c3cccs3)c(=O)oc2c1)C(=O)O. The highest BCUT2D eigenvalue weighted by Crippen LogP contribution is 2.27. The zero-order chi connectivity index (χ0) is 15.7. The van der Waals surface area contributed by atoms with E-state index < -0.39 is 17.7 Å². The van der Waals surface area contributed by atoms with E-state index >= 15 is 0 Å². The third-order valence-electron chi connectivity index (χ3n) is 3.15. The number of hydrogen-bond acceptors (Lipinski definition) is 5. The normalized spacial score (nSPS) is 12.2. The van der Waals surface area contributed by atoms with Crippen LogP contribution in [0.3, 0.4) is 0 Å². The van der Waals surface area contributed by atoms with Crippen molar-refractivity contribution >= 4 is 28.3 Å². The molecule has 1 unspecified atom stereocenters. The molecular formula is C16H12O5S. The molecule has 0 spiro atoms. The zero-order valence-electron chi connectivity index (χ0n) is 11.6. The molecule has 1 N–H and O–H groups in total. The van der Waals surface area contributed by atoms with E-state index in [-0.39, 0.29) is 0 Å². The Bertz CT molecular complexity index is 879. The van der Waals surface area contributed by atoms with Crippen LogP contribution in [0.15, 0.2) is 51.0 Å². The summed E-state index contributed by atoms with van der Waals surface area (Å²) in [7, 11) is 0. The van der Waals surface area contributed by atoms with Gasteiger partial charge in [-0.3, -0.25) is 0 Å². The van der Waals surface area contributed by atoms with E-state index in [1.807, 2.05) is 17.5 Å². The first-order valence-corrected chi connectivity index (χ1v) is 7.44. The van der Waals surface area contributed by atoms with Crippen molar-refractivity contribution in [3.8, 4) is 16.2 Å². The van der Waals surface area contributed by atoms with Crippen LogP contribution in [0.25, 0.3) is 21.4 Å².